The molecule has 2 aliphatic heterocycles. The van der Waals surface area contributed by atoms with Crippen molar-refractivity contribution in [1.29, 1.82) is 0 Å². The summed E-state index contributed by atoms with van der Waals surface area (Å²) in [6.45, 7) is 8.88. The van der Waals surface area contributed by atoms with Crippen LogP contribution in [0.1, 0.15) is 33.1 Å². The van der Waals surface area contributed by atoms with Gasteiger partial charge in [0.15, 0.2) is 5.90 Å². The molecule has 1 atom stereocenters. The molecule has 0 unspecified atom stereocenters. The van der Waals surface area contributed by atoms with Gasteiger partial charge in [-0.1, -0.05) is 13.8 Å². The van der Waals surface area contributed by atoms with Crippen molar-refractivity contribution in [2.45, 2.75) is 39.2 Å². The number of aliphatic imine (C=N–C) groups is 1. The highest BCUT2D eigenvalue weighted by molar-refractivity contribution is 5.77. The molecule has 2 rings (SSSR count). The molecule has 0 radical (unpaired) electrons. The summed E-state index contributed by atoms with van der Waals surface area (Å²) in [6, 6.07) is 0.401. The zero-order chi connectivity index (χ0) is 10.7. The summed E-state index contributed by atoms with van der Waals surface area (Å²) in [5, 5.41) is 0. The second kappa shape index (κ2) is 4.97. The van der Waals surface area contributed by atoms with E-state index in [4.69, 9.17) is 4.74 Å². The molecule has 0 aliphatic carbocycles. The highest BCUT2D eigenvalue weighted by atomic mass is 16.5. The molecular weight excluding hydrogens is 188 g/mol. The smallest absolute Gasteiger partial charge is 0.184 e. The Labute approximate surface area is 92.5 Å². The maximum absolute atomic E-state index is 5.61. The minimum Gasteiger partial charge on any atom is -0.479 e. The van der Waals surface area contributed by atoms with Gasteiger partial charge in [-0.2, -0.15) is 0 Å². The number of nitrogens with zero attached hydrogens (tertiary/aromatic N) is 2. The summed E-state index contributed by atoms with van der Waals surface area (Å²) in [5.74, 6) is 1.59. The Morgan fingerprint density at radius 3 is 2.73 bits per heavy atom. The molecule has 0 amide bonds. The van der Waals surface area contributed by atoms with E-state index in [1.54, 1.807) is 0 Å². The second-order valence-electron chi connectivity index (χ2n) is 4.94. The third kappa shape index (κ3) is 2.94. The van der Waals surface area contributed by atoms with Crippen LogP contribution in [-0.4, -0.2) is 43.1 Å². The molecule has 0 aromatic heterocycles. The Hall–Kier alpha value is -0.570. The van der Waals surface area contributed by atoms with Crippen LogP contribution in [0.5, 0.6) is 0 Å². The first-order chi connectivity index (χ1) is 7.25. The van der Waals surface area contributed by atoms with Gasteiger partial charge in [-0.15, -0.1) is 0 Å². The SMILES string of the molecule is CC(C)[C@H]1COC(CCN2CCCC2)=N1. The van der Waals surface area contributed by atoms with E-state index in [1.807, 2.05) is 0 Å². The van der Waals surface area contributed by atoms with Gasteiger partial charge in [0.05, 0.1) is 6.04 Å². The fourth-order valence-electron chi connectivity index (χ4n) is 2.18. The molecule has 2 heterocycles. The second-order valence-corrected chi connectivity index (χ2v) is 4.94. The molecule has 0 saturated carbocycles. The van der Waals surface area contributed by atoms with Gasteiger partial charge in [-0.05, 0) is 31.8 Å². The van der Waals surface area contributed by atoms with Crippen LogP contribution in [0.25, 0.3) is 0 Å². The summed E-state index contributed by atoms with van der Waals surface area (Å²) in [7, 11) is 0. The highest BCUT2D eigenvalue weighted by Gasteiger charge is 2.22. The first kappa shape index (κ1) is 10.9. The fraction of sp³-hybridized carbons (Fsp3) is 0.917. The van der Waals surface area contributed by atoms with E-state index in [0.717, 1.165) is 25.5 Å². The standard InChI is InChI=1S/C12H22N2O/c1-10(2)11-9-15-12(13-11)5-8-14-6-3-4-7-14/h10-11H,3-9H2,1-2H3/t11-/m1/s1. The molecule has 86 valence electrons. The average Bonchev–Trinajstić information content (AvgIpc) is 2.86. The number of ether oxygens (including phenoxy) is 1. The van der Waals surface area contributed by atoms with E-state index < -0.39 is 0 Å². The summed E-state index contributed by atoms with van der Waals surface area (Å²) in [5.41, 5.74) is 0. The molecular formula is C12H22N2O. The van der Waals surface area contributed by atoms with Crippen molar-refractivity contribution in [2.24, 2.45) is 10.9 Å². The van der Waals surface area contributed by atoms with Gasteiger partial charge in [0.25, 0.3) is 0 Å². The Morgan fingerprint density at radius 1 is 1.40 bits per heavy atom. The van der Waals surface area contributed by atoms with Crippen LogP contribution < -0.4 is 0 Å². The van der Waals surface area contributed by atoms with E-state index in [-0.39, 0.29) is 0 Å². The third-order valence-electron chi connectivity index (χ3n) is 3.34. The molecule has 15 heavy (non-hydrogen) atoms. The lowest BCUT2D eigenvalue weighted by Crippen LogP contribution is -2.22. The molecule has 0 bridgehead atoms. The van der Waals surface area contributed by atoms with Gasteiger partial charge in [0, 0.05) is 13.0 Å². The van der Waals surface area contributed by atoms with E-state index in [1.165, 1.54) is 25.9 Å². The van der Waals surface area contributed by atoms with Crippen molar-refractivity contribution in [3.63, 3.8) is 0 Å². The first-order valence-electron chi connectivity index (χ1n) is 6.17. The van der Waals surface area contributed by atoms with E-state index in [2.05, 4.69) is 23.7 Å². The van der Waals surface area contributed by atoms with Crippen molar-refractivity contribution < 1.29 is 4.74 Å². The van der Waals surface area contributed by atoms with Gasteiger partial charge < -0.3 is 9.64 Å². The topological polar surface area (TPSA) is 24.8 Å². The Bertz CT molecular complexity index is 232. The third-order valence-corrected chi connectivity index (χ3v) is 3.34. The molecule has 0 aromatic carbocycles. The summed E-state index contributed by atoms with van der Waals surface area (Å²) >= 11 is 0. The monoisotopic (exact) mass is 210 g/mol. The van der Waals surface area contributed by atoms with Crippen LogP contribution in [0.15, 0.2) is 4.99 Å². The lowest BCUT2D eigenvalue weighted by atomic mass is 10.1. The van der Waals surface area contributed by atoms with Crippen LogP contribution in [0, 0.1) is 5.92 Å². The normalized spacial score (nSPS) is 27.1. The van der Waals surface area contributed by atoms with Gasteiger partial charge in [-0.3, -0.25) is 0 Å². The largest absolute Gasteiger partial charge is 0.479 e. The van der Waals surface area contributed by atoms with Gasteiger partial charge >= 0.3 is 0 Å². The Balaban J connectivity index is 1.73. The van der Waals surface area contributed by atoms with Crippen molar-refractivity contribution >= 4 is 5.90 Å². The summed E-state index contributed by atoms with van der Waals surface area (Å²) < 4.78 is 5.61. The lowest BCUT2D eigenvalue weighted by molar-refractivity contribution is 0.277. The molecule has 0 N–H and O–H groups in total. The zero-order valence-corrected chi connectivity index (χ0v) is 9.91. The first-order valence-corrected chi connectivity index (χ1v) is 6.17. The van der Waals surface area contributed by atoms with Gasteiger partial charge in [0.1, 0.15) is 6.61 Å². The van der Waals surface area contributed by atoms with Crippen molar-refractivity contribution in [1.82, 2.24) is 4.90 Å². The van der Waals surface area contributed by atoms with Crippen molar-refractivity contribution in [3.05, 3.63) is 0 Å². The number of rotatable bonds is 4. The number of hydrogen-bond donors (Lipinski definition) is 0. The maximum atomic E-state index is 5.61. The minimum atomic E-state index is 0.401. The molecule has 1 saturated heterocycles. The number of hydrogen-bond acceptors (Lipinski definition) is 3. The Morgan fingerprint density at radius 2 is 2.13 bits per heavy atom. The van der Waals surface area contributed by atoms with Crippen LogP contribution in [-0.2, 0) is 4.74 Å². The van der Waals surface area contributed by atoms with Crippen LogP contribution >= 0.6 is 0 Å². The Kier molecular flexibility index (Phi) is 3.62. The lowest BCUT2D eigenvalue weighted by Gasteiger charge is -2.13. The molecule has 3 nitrogen and oxygen atoms in total. The zero-order valence-electron chi connectivity index (χ0n) is 9.91. The molecule has 1 fully saturated rings. The molecule has 0 aromatic rings. The van der Waals surface area contributed by atoms with Crippen molar-refractivity contribution in [3.8, 4) is 0 Å². The predicted molar refractivity (Wildman–Crippen MR) is 62.3 cm³/mol. The van der Waals surface area contributed by atoms with Gasteiger partial charge in [-0.25, -0.2) is 4.99 Å². The molecule has 3 heteroatoms. The average molecular weight is 210 g/mol. The van der Waals surface area contributed by atoms with E-state index in [0.29, 0.717) is 12.0 Å². The minimum absolute atomic E-state index is 0.401. The predicted octanol–water partition coefficient (Wildman–Crippen LogP) is 1.93. The van der Waals surface area contributed by atoms with Crippen LogP contribution in [0.3, 0.4) is 0 Å². The van der Waals surface area contributed by atoms with E-state index in [9.17, 15) is 0 Å². The highest BCUT2D eigenvalue weighted by Crippen LogP contribution is 2.16. The van der Waals surface area contributed by atoms with E-state index >= 15 is 0 Å². The summed E-state index contributed by atoms with van der Waals surface area (Å²) in [6.07, 6.45) is 3.73. The molecule has 2 aliphatic rings. The maximum Gasteiger partial charge on any atom is 0.184 e. The molecule has 0 spiro atoms. The van der Waals surface area contributed by atoms with Crippen LogP contribution in [0.2, 0.25) is 0 Å². The van der Waals surface area contributed by atoms with Gasteiger partial charge in [0.2, 0.25) is 0 Å². The number of likely N-dealkylation sites (tertiary alicyclic amines) is 1. The van der Waals surface area contributed by atoms with Crippen molar-refractivity contribution in [2.75, 3.05) is 26.2 Å². The van der Waals surface area contributed by atoms with Crippen LogP contribution in [0.4, 0.5) is 0 Å². The quantitative estimate of drug-likeness (QED) is 0.708. The fourth-order valence-corrected chi connectivity index (χ4v) is 2.18. The summed E-state index contributed by atoms with van der Waals surface area (Å²) in [4.78, 5) is 7.12.